The van der Waals surface area contributed by atoms with Gasteiger partial charge in [0.15, 0.2) is 9.84 Å². The summed E-state index contributed by atoms with van der Waals surface area (Å²) >= 11 is 6.24. The van der Waals surface area contributed by atoms with E-state index in [0.717, 1.165) is 11.8 Å². The molecule has 8 nitrogen and oxygen atoms in total. The van der Waals surface area contributed by atoms with Gasteiger partial charge in [-0.05, 0) is 37.1 Å². The van der Waals surface area contributed by atoms with Crippen molar-refractivity contribution in [3.8, 4) is 0 Å². The van der Waals surface area contributed by atoms with Crippen molar-refractivity contribution in [2.45, 2.75) is 35.3 Å². The Morgan fingerprint density at radius 2 is 1.61 bits per heavy atom. The standard InChI is InChI=1S/C20H21ClN2O6S2/c1-30(25,26)18-7-2-3-8-19(18)31(27,28)22-11-9-14(10-12-22)23-17-6-4-5-16(21)15(17)13-29-20(23)24/h2-8,14H,9-13H2,1H3. The molecule has 0 saturated carbocycles. The molecule has 2 aliphatic rings. The summed E-state index contributed by atoms with van der Waals surface area (Å²) in [6, 6.07) is 10.6. The summed E-state index contributed by atoms with van der Waals surface area (Å²) in [6.07, 6.45) is 1.25. The van der Waals surface area contributed by atoms with Gasteiger partial charge in [-0.25, -0.2) is 21.6 Å². The van der Waals surface area contributed by atoms with Gasteiger partial charge in [0, 0.05) is 36.0 Å². The molecule has 1 saturated heterocycles. The quantitative estimate of drug-likeness (QED) is 0.661. The lowest BCUT2D eigenvalue weighted by Crippen LogP contribution is -2.50. The molecule has 166 valence electrons. The topological polar surface area (TPSA) is 101 Å². The van der Waals surface area contributed by atoms with Gasteiger partial charge in [0.2, 0.25) is 10.0 Å². The summed E-state index contributed by atoms with van der Waals surface area (Å²) in [4.78, 5) is 13.6. The van der Waals surface area contributed by atoms with E-state index in [0.29, 0.717) is 23.6 Å². The number of benzene rings is 2. The number of hydrogen-bond acceptors (Lipinski definition) is 6. The number of carbonyl (C=O) groups excluding carboxylic acids is 1. The largest absolute Gasteiger partial charge is 0.444 e. The number of sulfonamides is 1. The Bertz CT molecular complexity index is 1240. The number of anilines is 1. The van der Waals surface area contributed by atoms with Gasteiger partial charge in [0.25, 0.3) is 0 Å². The summed E-state index contributed by atoms with van der Waals surface area (Å²) in [6.45, 7) is 0.384. The highest BCUT2D eigenvalue weighted by atomic mass is 35.5. The second-order valence-corrected chi connectivity index (χ2v) is 11.8. The van der Waals surface area contributed by atoms with Gasteiger partial charge in [0.1, 0.15) is 11.5 Å². The first-order valence-corrected chi connectivity index (χ1v) is 13.3. The highest BCUT2D eigenvalue weighted by Crippen LogP contribution is 2.36. The normalized spacial score (nSPS) is 18.5. The van der Waals surface area contributed by atoms with E-state index in [1.54, 1.807) is 23.1 Å². The number of halogens is 1. The van der Waals surface area contributed by atoms with Crippen LogP contribution >= 0.6 is 11.6 Å². The number of hydrogen-bond donors (Lipinski definition) is 0. The number of sulfone groups is 1. The van der Waals surface area contributed by atoms with Crippen LogP contribution in [0.2, 0.25) is 5.02 Å². The van der Waals surface area contributed by atoms with Crippen molar-refractivity contribution in [2.24, 2.45) is 0 Å². The lowest BCUT2D eigenvalue weighted by atomic mass is 10.0. The molecule has 0 aliphatic carbocycles. The highest BCUT2D eigenvalue weighted by molar-refractivity contribution is 7.93. The van der Waals surface area contributed by atoms with Gasteiger partial charge in [-0.15, -0.1) is 0 Å². The lowest BCUT2D eigenvalue weighted by Gasteiger charge is -2.40. The van der Waals surface area contributed by atoms with E-state index in [-0.39, 0.29) is 35.5 Å². The minimum atomic E-state index is -4.01. The van der Waals surface area contributed by atoms with Crippen molar-refractivity contribution in [3.63, 3.8) is 0 Å². The van der Waals surface area contributed by atoms with E-state index in [1.807, 2.05) is 0 Å². The average Bonchev–Trinajstić information content (AvgIpc) is 2.73. The van der Waals surface area contributed by atoms with Gasteiger partial charge in [-0.2, -0.15) is 4.31 Å². The number of carbonyl (C=O) groups is 1. The number of piperidine rings is 1. The van der Waals surface area contributed by atoms with Crippen LogP contribution in [0.4, 0.5) is 10.5 Å². The predicted molar refractivity (Wildman–Crippen MR) is 115 cm³/mol. The third-order valence-electron chi connectivity index (χ3n) is 5.55. The second kappa shape index (κ2) is 8.09. The van der Waals surface area contributed by atoms with Gasteiger partial charge in [0.05, 0.1) is 10.6 Å². The van der Waals surface area contributed by atoms with Crippen LogP contribution in [0.5, 0.6) is 0 Å². The first kappa shape index (κ1) is 22.1. The van der Waals surface area contributed by atoms with E-state index in [2.05, 4.69) is 0 Å². The molecule has 0 spiro atoms. The van der Waals surface area contributed by atoms with Crippen LogP contribution in [0.3, 0.4) is 0 Å². The minimum absolute atomic E-state index is 0.0971. The molecule has 2 aromatic rings. The molecule has 0 unspecified atom stereocenters. The van der Waals surface area contributed by atoms with Crippen molar-refractivity contribution in [1.29, 1.82) is 0 Å². The maximum absolute atomic E-state index is 13.2. The second-order valence-electron chi connectivity index (χ2n) is 7.52. The highest BCUT2D eigenvalue weighted by Gasteiger charge is 2.38. The molecular formula is C20H21ClN2O6S2. The molecule has 0 N–H and O–H groups in total. The van der Waals surface area contributed by atoms with Crippen LogP contribution in [0, 0.1) is 0 Å². The molecule has 0 bridgehead atoms. The molecule has 4 rings (SSSR count). The molecule has 31 heavy (non-hydrogen) atoms. The van der Waals surface area contributed by atoms with Crippen molar-refractivity contribution in [2.75, 3.05) is 24.2 Å². The zero-order valence-corrected chi connectivity index (χ0v) is 19.1. The Labute approximate surface area is 186 Å². The summed E-state index contributed by atoms with van der Waals surface area (Å²) in [5.74, 6) is 0. The van der Waals surface area contributed by atoms with E-state index in [9.17, 15) is 21.6 Å². The van der Waals surface area contributed by atoms with Gasteiger partial charge >= 0.3 is 6.09 Å². The Morgan fingerprint density at radius 1 is 0.968 bits per heavy atom. The predicted octanol–water partition coefficient (Wildman–Crippen LogP) is 3.05. The van der Waals surface area contributed by atoms with E-state index in [1.165, 1.54) is 28.6 Å². The molecule has 2 aliphatic heterocycles. The van der Waals surface area contributed by atoms with Crippen molar-refractivity contribution < 1.29 is 26.4 Å². The van der Waals surface area contributed by atoms with Crippen LogP contribution in [0.1, 0.15) is 18.4 Å². The van der Waals surface area contributed by atoms with Gasteiger partial charge in [-0.3, -0.25) is 4.90 Å². The number of ether oxygens (including phenoxy) is 1. The van der Waals surface area contributed by atoms with E-state index >= 15 is 0 Å². The molecule has 11 heteroatoms. The molecule has 0 radical (unpaired) electrons. The Hall–Kier alpha value is -2.14. The average molecular weight is 485 g/mol. The van der Waals surface area contributed by atoms with Crippen LogP contribution in [0.25, 0.3) is 0 Å². The first-order chi connectivity index (χ1) is 14.6. The van der Waals surface area contributed by atoms with Crippen LogP contribution in [-0.2, 0) is 31.2 Å². The lowest BCUT2D eigenvalue weighted by molar-refractivity contribution is 0.136. The maximum Gasteiger partial charge on any atom is 0.414 e. The fourth-order valence-electron chi connectivity index (χ4n) is 4.01. The number of fused-ring (bicyclic) bond motifs is 1. The third kappa shape index (κ3) is 4.05. The SMILES string of the molecule is CS(=O)(=O)c1ccccc1S(=O)(=O)N1CCC(N2C(=O)OCc3c(Cl)cccc32)CC1. The molecular weight excluding hydrogens is 464 g/mol. The zero-order valence-electron chi connectivity index (χ0n) is 16.7. The van der Waals surface area contributed by atoms with E-state index in [4.69, 9.17) is 16.3 Å². The molecule has 0 aromatic heterocycles. The third-order valence-corrected chi connectivity index (χ3v) is 9.14. The minimum Gasteiger partial charge on any atom is -0.444 e. The summed E-state index contributed by atoms with van der Waals surface area (Å²) in [7, 11) is -7.73. The van der Waals surface area contributed by atoms with E-state index < -0.39 is 26.0 Å². The smallest absolute Gasteiger partial charge is 0.414 e. The van der Waals surface area contributed by atoms with Gasteiger partial charge < -0.3 is 4.74 Å². The first-order valence-electron chi connectivity index (χ1n) is 9.63. The van der Waals surface area contributed by atoms with Crippen LogP contribution in [0.15, 0.2) is 52.3 Å². The summed E-state index contributed by atoms with van der Waals surface area (Å²) in [5, 5.41) is 0.507. The molecule has 2 aromatic carbocycles. The monoisotopic (exact) mass is 484 g/mol. The summed E-state index contributed by atoms with van der Waals surface area (Å²) < 4.78 is 57.0. The molecule has 2 heterocycles. The number of cyclic esters (lactones) is 1. The van der Waals surface area contributed by atoms with Crippen molar-refractivity contribution >= 4 is 43.2 Å². The van der Waals surface area contributed by atoms with Crippen molar-refractivity contribution in [1.82, 2.24) is 4.31 Å². The number of rotatable bonds is 4. The molecule has 1 amide bonds. The Kier molecular flexibility index (Phi) is 5.76. The fraction of sp³-hybridized carbons (Fsp3) is 0.350. The van der Waals surface area contributed by atoms with Gasteiger partial charge in [-0.1, -0.05) is 29.8 Å². The molecule has 0 atom stereocenters. The van der Waals surface area contributed by atoms with Crippen LogP contribution < -0.4 is 4.90 Å². The Balaban J connectivity index is 1.58. The zero-order chi connectivity index (χ0) is 22.4. The molecule has 1 fully saturated rings. The fourth-order valence-corrected chi connectivity index (χ4v) is 7.31. The maximum atomic E-state index is 13.2. The Morgan fingerprint density at radius 3 is 2.26 bits per heavy atom. The number of amides is 1. The summed E-state index contributed by atoms with van der Waals surface area (Å²) in [5.41, 5.74) is 1.40. The van der Waals surface area contributed by atoms with Crippen LogP contribution in [-0.4, -0.2) is 52.6 Å². The van der Waals surface area contributed by atoms with Crippen molar-refractivity contribution in [3.05, 3.63) is 53.1 Å². The number of nitrogens with zero attached hydrogens (tertiary/aromatic N) is 2.